The van der Waals surface area contributed by atoms with Gasteiger partial charge in [-0.3, -0.25) is 4.79 Å². The maximum Gasteiger partial charge on any atom is 0.405 e. The maximum atomic E-state index is 13.0. The third kappa shape index (κ3) is 4.67. The van der Waals surface area contributed by atoms with E-state index in [1.807, 2.05) is 0 Å². The van der Waals surface area contributed by atoms with E-state index in [0.29, 0.717) is 13.0 Å². The van der Waals surface area contributed by atoms with Crippen LogP contribution >= 0.6 is 0 Å². The van der Waals surface area contributed by atoms with Crippen molar-refractivity contribution in [3.63, 3.8) is 0 Å². The van der Waals surface area contributed by atoms with Gasteiger partial charge >= 0.3 is 6.18 Å². The standard InChI is InChI=1S/C16H21F3N2O4S/c1-11-5-3-4-8-21(11)26(23,24)14-9-12(6-7-13(14)25-2)15(22)20-10-16(17,18)19/h6-7,9,11H,3-5,8,10H2,1-2H3,(H,20,22). The normalized spacial score (nSPS) is 19.2. The summed E-state index contributed by atoms with van der Waals surface area (Å²) in [4.78, 5) is 11.7. The molecular formula is C16H21F3N2O4S. The molecule has 0 saturated carbocycles. The minimum Gasteiger partial charge on any atom is -0.495 e. The van der Waals surface area contributed by atoms with Crippen molar-refractivity contribution < 1.29 is 31.1 Å². The van der Waals surface area contributed by atoms with Gasteiger partial charge in [0.1, 0.15) is 17.2 Å². The number of nitrogens with one attached hydrogen (secondary N) is 1. The summed E-state index contributed by atoms with van der Waals surface area (Å²) in [6.45, 7) is 0.642. The Bertz CT molecular complexity index is 765. The van der Waals surface area contributed by atoms with Crippen molar-refractivity contribution in [2.24, 2.45) is 0 Å². The summed E-state index contributed by atoms with van der Waals surface area (Å²) in [5.41, 5.74) is -0.182. The topological polar surface area (TPSA) is 75.7 Å². The molecule has 1 aromatic carbocycles. The number of rotatable bonds is 5. The van der Waals surface area contributed by atoms with Gasteiger partial charge in [0, 0.05) is 18.2 Å². The molecule has 6 nitrogen and oxygen atoms in total. The quantitative estimate of drug-likeness (QED) is 0.833. The van der Waals surface area contributed by atoms with Crippen LogP contribution in [0.4, 0.5) is 13.2 Å². The zero-order valence-electron chi connectivity index (χ0n) is 14.5. The Morgan fingerprint density at radius 1 is 1.35 bits per heavy atom. The molecule has 10 heteroatoms. The Morgan fingerprint density at radius 2 is 2.04 bits per heavy atom. The fourth-order valence-corrected chi connectivity index (χ4v) is 4.74. The number of carbonyl (C=O) groups is 1. The second kappa shape index (κ2) is 7.83. The van der Waals surface area contributed by atoms with E-state index in [9.17, 15) is 26.4 Å². The number of nitrogens with zero attached hydrogens (tertiary/aromatic N) is 1. The number of amides is 1. The predicted octanol–water partition coefficient (Wildman–Crippen LogP) is 2.55. The minimum atomic E-state index is -4.56. The molecule has 0 spiro atoms. The molecule has 1 aromatic rings. The molecule has 1 N–H and O–H groups in total. The molecule has 2 rings (SSSR count). The van der Waals surface area contributed by atoms with Crippen LogP contribution in [0, 0.1) is 0 Å². The number of carbonyl (C=O) groups excluding carboxylic acids is 1. The molecule has 1 fully saturated rings. The van der Waals surface area contributed by atoms with Crippen LogP contribution in [0.25, 0.3) is 0 Å². The van der Waals surface area contributed by atoms with Gasteiger partial charge in [0.25, 0.3) is 5.91 Å². The fourth-order valence-electron chi connectivity index (χ4n) is 2.86. The number of sulfonamides is 1. The molecule has 146 valence electrons. The highest BCUT2D eigenvalue weighted by Crippen LogP contribution is 2.31. The average Bonchev–Trinajstić information content (AvgIpc) is 2.58. The first-order valence-electron chi connectivity index (χ1n) is 8.11. The van der Waals surface area contributed by atoms with Gasteiger partial charge in [-0.1, -0.05) is 6.42 Å². The molecule has 1 aliphatic rings. The average molecular weight is 394 g/mol. The number of hydrogen-bond donors (Lipinski definition) is 1. The third-order valence-electron chi connectivity index (χ3n) is 4.20. The summed E-state index contributed by atoms with van der Waals surface area (Å²) in [6, 6.07) is 3.34. The Labute approximate surface area is 150 Å². The molecule has 0 radical (unpaired) electrons. The second-order valence-electron chi connectivity index (χ2n) is 6.12. The first kappa shape index (κ1) is 20.5. The molecule has 0 aromatic heterocycles. The zero-order valence-corrected chi connectivity index (χ0v) is 15.3. The molecule has 1 atom stereocenters. The molecule has 1 aliphatic heterocycles. The lowest BCUT2D eigenvalue weighted by atomic mass is 10.1. The predicted molar refractivity (Wildman–Crippen MR) is 88.6 cm³/mol. The van der Waals surface area contributed by atoms with E-state index >= 15 is 0 Å². The van der Waals surface area contributed by atoms with Crippen molar-refractivity contribution in [3.8, 4) is 5.75 Å². The Balaban J connectivity index is 2.36. The summed E-state index contributed by atoms with van der Waals surface area (Å²) in [6.07, 6.45) is -2.20. The van der Waals surface area contributed by atoms with Crippen LogP contribution in [0.1, 0.15) is 36.5 Å². The van der Waals surface area contributed by atoms with Crippen molar-refractivity contribution in [1.82, 2.24) is 9.62 Å². The highest BCUT2D eigenvalue weighted by atomic mass is 32.2. The number of ether oxygens (including phenoxy) is 1. The van der Waals surface area contributed by atoms with E-state index < -0.39 is 28.7 Å². The van der Waals surface area contributed by atoms with Crippen LogP contribution in [0.3, 0.4) is 0 Å². The molecule has 1 heterocycles. The van der Waals surface area contributed by atoms with Crippen LogP contribution in [0.5, 0.6) is 5.75 Å². The number of hydrogen-bond acceptors (Lipinski definition) is 4. The van der Waals surface area contributed by atoms with Crippen LogP contribution in [-0.2, 0) is 10.0 Å². The smallest absolute Gasteiger partial charge is 0.405 e. The van der Waals surface area contributed by atoms with E-state index in [2.05, 4.69) is 0 Å². The molecule has 26 heavy (non-hydrogen) atoms. The number of halogens is 3. The van der Waals surface area contributed by atoms with Gasteiger partial charge in [-0.25, -0.2) is 8.42 Å². The van der Waals surface area contributed by atoms with Gasteiger partial charge in [-0.05, 0) is 38.0 Å². The summed E-state index contributed by atoms with van der Waals surface area (Å²) in [5, 5.41) is 1.73. The number of piperidine rings is 1. The first-order chi connectivity index (χ1) is 12.1. The molecule has 0 bridgehead atoms. The van der Waals surface area contributed by atoms with Crippen LogP contribution in [-0.4, -0.2) is 51.0 Å². The fraction of sp³-hybridized carbons (Fsp3) is 0.562. The minimum absolute atomic E-state index is 0.0372. The lowest BCUT2D eigenvalue weighted by Gasteiger charge is -2.32. The molecule has 1 saturated heterocycles. The Hall–Kier alpha value is -1.81. The summed E-state index contributed by atoms with van der Waals surface area (Å²) >= 11 is 0. The zero-order chi connectivity index (χ0) is 19.5. The van der Waals surface area contributed by atoms with Gasteiger partial charge in [-0.15, -0.1) is 0 Å². The summed E-state index contributed by atoms with van der Waals surface area (Å²) in [7, 11) is -2.66. The van der Waals surface area contributed by atoms with Crippen molar-refractivity contribution in [2.45, 2.75) is 43.3 Å². The van der Waals surface area contributed by atoms with E-state index in [1.165, 1.54) is 23.5 Å². The highest BCUT2D eigenvalue weighted by Gasteiger charge is 2.34. The van der Waals surface area contributed by atoms with Gasteiger partial charge in [0.15, 0.2) is 0 Å². The summed E-state index contributed by atoms with van der Waals surface area (Å²) < 4.78 is 69.2. The van der Waals surface area contributed by atoms with E-state index in [-0.39, 0.29) is 22.3 Å². The largest absolute Gasteiger partial charge is 0.495 e. The first-order valence-corrected chi connectivity index (χ1v) is 9.55. The van der Waals surface area contributed by atoms with Crippen molar-refractivity contribution in [2.75, 3.05) is 20.2 Å². The van der Waals surface area contributed by atoms with Gasteiger partial charge < -0.3 is 10.1 Å². The van der Waals surface area contributed by atoms with Crippen molar-refractivity contribution in [3.05, 3.63) is 23.8 Å². The monoisotopic (exact) mass is 394 g/mol. The van der Waals surface area contributed by atoms with E-state index in [1.54, 1.807) is 12.2 Å². The maximum absolute atomic E-state index is 13.0. The van der Waals surface area contributed by atoms with E-state index in [4.69, 9.17) is 4.74 Å². The van der Waals surface area contributed by atoms with Crippen molar-refractivity contribution in [1.29, 1.82) is 0 Å². The lowest BCUT2D eigenvalue weighted by molar-refractivity contribution is -0.123. The lowest BCUT2D eigenvalue weighted by Crippen LogP contribution is -2.42. The van der Waals surface area contributed by atoms with Gasteiger partial charge in [-0.2, -0.15) is 17.5 Å². The van der Waals surface area contributed by atoms with Gasteiger partial charge in [0.2, 0.25) is 10.0 Å². The Kier molecular flexibility index (Phi) is 6.17. The van der Waals surface area contributed by atoms with Crippen LogP contribution < -0.4 is 10.1 Å². The van der Waals surface area contributed by atoms with Crippen LogP contribution in [0.2, 0.25) is 0 Å². The molecule has 1 amide bonds. The molecule has 0 aliphatic carbocycles. The number of methoxy groups -OCH3 is 1. The third-order valence-corrected chi connectivity index (χ3v) is 6.24. The second-order valence-corrected chi connectivity index (χ2v) is 7.98. The number of benzene rings is 1. The van der Waals surface area contributed by atoms with E-state index in [0.717, 1.165) is 18.9 Å². The van der Waals surface area contributed by atoms with Gasteiger partial charge in [0.05, 0.1) is 7.11 Å². The highest BCUT2D eigenvalue weighted by molar-refractivity contribution is 7.89. The number of alkyl halides is 3. The SMILES string of the molecule is COc1ccc(C(=O)NCC(F)(F)F)cc1S(=O)(=O)N1CCCCC1C. The summed E-state index contributed by atoms with van der Waals surface area (Å²) in [5.74, 6) is -0.969. The molecule has 1 unspecified atom stereocenters. The van der Waals surface area contributed by atoms with Crippen LogP contribution in [0.15, 0.2) is 23.1 Å². The van der Waals surface area contributed by atoms with Crippen molar-refractivity contribution >= 4 is 15.9 Å². The Morgan fingerprint density at radius 3 is 2.62 bits per heavy atom. The molecular weight excluding hydrogens is 373 g/mol.